The summed E-state index contributed by atoms with van der Waals surface area (Å²) in [5.74, 6) is 1.09. The number of rotatable bonds is 6. The molecule has 0 radical (unpaired) electrons. The Balaban J connectivity index is 1.35. The van der Waals surface area contributed by atoms with Crippen LogP contribution in [0.15, 0.2) is 30.3 Å². The Morgan fingerprint density at radius 3 is 2.62 bits per heavy atom. The monoisotopic (exact) mass is 359 g/mol. The molecule has 2 amide bonds. The highest BCUT2D eigenvalue weighted by Crippen LogP contribution is 2.19. The highest BCUT2D eigenvalue weighted by Gasteiger charge is 2.25. The number of urea groups is 1. The summed E-state index contributed by atoms with van der Waals surface area (Å²) in [5, 5.41) is 3.18. The first-order valence-electron chi connectivity index (χ1n) is 10.0. The lowest BCUT2D eigenvalue weighted by atomic mass is 9.96. The lowest BCUT2D eigenvalue weighted by molar-refractivity contribution is 0.0994. The molecule has 0 aliphatic carbocycles. The predicted molar refractivity (Wildman–Crippen MR) is 104 cm³/mol. The van der Waals surface area contributed by atoms with Crippen LogP contribution in [-0.2, 0) is 11.3 Å². The molecule has 0 bridgehead atoms. The number of likely N-dealkylation sites (tertiary alicyclic amines) is 2. The maximum atomic E-state index is 12.5. The van der Waals surface area contributed by atoms with Gasteiger partial charge in [0.1, 0.15) is 0 Å². The van der Waals surface area contributed by atoms with Crippen molar-refractivity contribution < 1.29 is 9.53 Å². The third-order valence-corrected chi connectivity index (χ3v) is 5.71. The summed E-state index contributed by atoms with van der Waals surface area (Å²) >= 11 is 0. The molecule has 1 atom stereocenters. The Morgan fingerprint density at radius 1 is 1.12 bits per heavy atom. The summed E-state index contributed by atoms with van der Waals surface area (Å²) in [5.41, 5.74) is 1.38. The van der Waals surface area contributed by atoms with Gasteiger partial charge in [0.05, 0.1) is 6.61 Å². The highest BCUT2D eigenvalue weighted by molar-refractivity contribution is 5.74. The number of carbonyl (C=O) groups is 1. The average molecular weight is 360 g/mol. The number of ether oxygens (including phenoxy) is 1. The molecule has 26 heavy (non-hydrogen) atoms. The molecule has 2 aliphatic heterocycles. The lowest BCUT2D eigenvalue weighted by Crippen LogP contribution is -2.48. The topological polar surface area (TPSA) is 44.8 Å². The third kappa shape index (κ3) is 5.71. The van der Waals surface area contributed by atoms with Crippen molar-refractivity contribution in [3.8, 4) is 0 Å². The van der Waals surface area contributed by atoms with Gasteiger partial charge in [-0.25, -0.2) is 4.79 Å². The zero-order valence-corrected chi connectivity index (χ0v) is 16.0. The van der Waals surface area contributed by atoms with Crippen molar-refractivity contribution >= 4 is 6.03 Å². The zero-order valence-electron chi connectivity index (χ0n) is 16.0. The Kier molecular flexibility index (Phi) is 7.32. The van der Waals surface area contributed by atoms with Crippen molar-refractivity contribution in [2.45, 2.75) is 32.2 Å². The van der Waals surface area contributed by atoms with Crippen LogP contribution in [0.5, 0.6) is 0 Å². The fourth-order valence-corrected chi connectivity index (χ4v) is 4.16. The molecule has 0 aromatic heterocycles. The van der Waals surface area contributed by atoms with Crippen LogP contribution in [0.3, 0.4) is 0 Å². The van der Waals surface area contributed by atoms with E-state index in [2.05, 4.69) is 40.5 Å². The molecule has 2 saturated heterocycles. The van der Waals surface area contributed by atoms with Gasteiger partial charge in [0.15, 0.2) is 0 Å². The summed E-state index contributed by atoms with van der Waals surface area (Å²) < 4.78 is 5.25. The molecule has 1 unspecified atom stereocenters. The minimum atomic E-state index is 0.109. The van der Waals surface area contributed by atoms with E-state index in [1.165, 1.54) is 18.4 Å². The van der Waals surface area contributed by atoms with E-state index in [1.54, 1.807) is 7.11 Å². The van der Waals surface area contributed by atoms with Crippen molar-refractivity contribution in [1.29, 1.82) is 0 Å². The normalized spacial score (nSPS) is 22.3. The number of methoxy groups -OCH3 is 1. The van der Waals surface area contributed by atoms with E-state index in [0.29, 0.717) is 11.8 Å². The van der Waals surface area contributed by atoms with Crippen molar-refractivity contribution in [1.82, 2.24) is 15.1 Å². The average Bonchev–Trinajstić information content (AvgIpc) is 2.68. The number of benzene rings is 1. The van der Waals surface area contributed by atoms with Gasteiger partial charge in [-0.2, -0.15) is 0 Å². The maximum Gasteiger partial charge on any atom is 0.317 e. The Hall–Kier alpha value is -1.59. The summed E-state index contributed by atoms with van der Waals surface area (Å²) in [6.45, 7) is 6.54. The number of piperidine rings is 2. The van der Waals surface area contributed by atoms with Gasteiger partial charge >= 0.3 is 6.03 Å². The quantitative estimate of drug-likeness (QED) is 0.849. The first kappa shape index (κ1) is 19.2. The second-order valence-corrected chi connectivity index (χ2v) is 7.80. The van der Waals surface area contributed by atoms with Gasteiger partial charge in [0, 0.05) is 39.2 Å². The molecule has 0 spiro atoms. The van der Waals surface area contributed by atoms with Crippen LogP contribution in [0.25, 0.3) is 0 Å². The molecule has 0 saturated carbocycles. The summed E-state index contributed by atoms with van der Waals surface area (Å²) in [6, 6.07) is 10.8. The smallest absolute Gasteiger partial charge is 0.317 e. The van der Waals surface area contributed by atoms with E-state index in [-0.39, 0.29) is 6.03 Å². The molecule has 2 aliphatic rings. The number of nitrogens with one attached hydrogen (secondary N) is 1. The summed E-state index contributed by atoms with van der Waals surface area (Å²) in [4.78, 5) is 17.0. The van der Waals surface area contributed by atoms with Crippen molar-refractivity contribution in [2.24, 2.45) is 11.8 Å². The van der Waals surface area contributed by atoms with Gasteiger partial charge in [-0.3, -0.25) is 4.90 Å². The number of hydrogen-bond donors (Lipinski definition) is 1. The van der Waals surface area contributed by atoms with Crippen molar-refractivity contribution in [3.63, 3.8) is 0 Å². The minimum absolute atomic E-state index is 0.109. The molecular weight excluding hydrogens is 326 g/mol. The van der Waals surface area contributed by atoms with E-state index in [1.807, 2.05) is 4.90 Å². The van der Waals surface area contributed by atoms with Crippen LogP contribution in [0.2, 0.25) is 0 Å². The van der Waals surface area contributed by atoms with Gasteiger partial charge in [0.25, 0.3) is 0 Å². The van der Waals surface area contributed by atoms with Gasteiger partial charge < -0.3 is 15.0 Å². The van der Waals surface area contributed by atoms with Gasteiger partial charge in [0.2, 0.25) is 0 Å². The van der Waals surface area contributed by atoms with Gasteiger partial charge in [-0.15, -0.1) is 0 Å². The molecule has 1 N–H and O–H groups in total. The van der Waals surface area contributed by atoms with Crippen LogP contribution in [0.1, 0.15) is 31.2 Å². The molecule has 5 nitrogen and oxygen atoms in total. The minimum Gasteiger partial charge on any atom is -0.384 e. The number of amides is 2. The number of carbonyl (C=O) groups excluding carboxylic acids is 1. The standard InChI is InChI=1S/C21H33N3O2/c1-26-17-20-8-5-11-24(16-20)21(25)22-14-18-9-12-23(13-10-18)15-19-6-3-2-4-7-19/h2-4,6-7,18,20H,5,8-17H2,1H3,(H,22,25). The second-order valence-electron chi connectivity index (χ2n) is 7.80. The molecule has 1 aromatic rings. The molecule has 3 rings (SSSR count). The van der Waals surface area contributed by atoms with Crippen LogP contribution < -0.4 is 5.32 Å². The second kappa shape index (κ2) is 9.93. The van der Waals surface area contributed by atoms with Crippen LogP contribution in [0.4, 0.5) is 4.79 Å². The first-order chi connectivity index (χ1) is 12.7. The fourth-order valence-electron chi connectivity index (χ4n) is 4.16. The highest BCUT2D eigenvalue weighted by atomic mass is 16.5. The lowest BCUT2D eigenvalue weighted by Gasteiger charge is -2.34. The molecule has 2 heterocycles. The van der Waals surface area contributed by atoms with E-state index in [0.717, 1.165) is 58.7 Å². The van der Waals surface area contributed by atoms with Gasteiger partial charge in [-0.1, -0.05) is 30.3 Å². The van der Waals surface area contributed by atoms with E-state index >= 15 is 0 Å². The first-order valence-corrected chi connectivity index (χ1v) is 10.0. The van der Waals surface area contributed by atoms with Crippen LogP contribution in [0, 0.1) is 11.8 Å². The van der Waals surface area contributed by atoms with E-state index in [9.17, 15) is 4.79 Å². The number of hydrogen-bond acceptors (Lipinski definition) is 3. The third-order valence-electron chi connectivity index (χ3n) is 5.71. The summed E-state index contributed by atoms with van der Waals surface area (Å²) in [7, 11) is 1.74. The Labute approximate surface area is 157 Å². The molecule has 144 valence electrons. The predicted octanol–water partition coefficient (Wildman–Crippen LogP) is 2.97. The van der Waals surface area contributed by atoms with Crippen molar-refractivity contribution in [3.05, 3.63) is 35.9 Å². The van der Waals surface area contributed by atoms with Crippen LogP contribution >= 0.6 is 0 Å². The van der Waals surface area contributed by atoms with E-state index in [4.69, 9.17) is 4.74 Å². The molecule has 2 fully saturated rings. The largest absolute Gasteiger partial charge is 0.384 e. The van der Waals surface area contributed by atoms with Gasteiger partial charge in [-0.05, 0) is 50.3 Å². The molecule has 1 aromatic carbocycles. The summed E-state index contributed by atoms with van der Waals surface area (Å²) in [6.07, 6.45) is 4.58. The Bertz CT molecular complexity index is 541. The van der Waals surface area contributed by atoms with Crippen molar-refractivity contribution in [2.75, 3.05) is 46.4 Å². The van der Waals surface area contributed by atoms with Crippen LogP contribution in [-0.4, -0.2) is 62.3 Å². The fraction of sp³-hybridized carbons (Fsp3) is 0.667. The molecule has 5 heteroatoms. The maximum absolute atomic E-state index is 12.5. The molecular formula is C21H33N3O2. The van der Waals surface area contributed by atoms with E-state index < -0.39 is 0 Å². The number of nitrogens with zero attached hydrogens (tertiary/aromatic N) is 2. The zero-order chi connectivity index (χ0) is 18.2. The SMILES string of the molecule is COCC1CCCN(C(=O)NCC2CCN(Cc3ccccc3)CC2)C1. The Morgan fingerprint density at radius 2 is 1.88 bits per heavy atom.